The predicted octanol–water partition coefficient (Wildman–Crippen LogP) is 4.11. The molecule has 1 aromatic heterocycles. The molecule has 0 aliphatic carbocycles. The van der Waals surface area contributed by atoms with Gasteiger partial charge in [0, 0.05) is 9.35 Å². The zero-order chi connectivity index (χ0) is 12.3. The third-order valence-corrected chi connectivity index (χ3v) is 3.50. The van der Waals surface area contributed by atoms with Crippen LogP contribution in [-0.4, -0.2) is 10.9 Å². The maximum atomic E-state index is 11.8. The molecule has 2 nitrogen and oxygen atoms in total. The first-order chi connectivity index (χ1) is 8.16. The van der Waals surface area contributed by atoms with Gasteiger partial charge in [-0.25, -0.2) is 0 Å². The summed E-state index contributed by atoms with van der Waals surface area (Å²) in [6.07, 6.45) is 3.21. The lowest BCUT2D eigenvalue weighted by molar-refractivity contribution is 0.104. The van der Waals surface area contributed by atoms with Crippen LogP contribution < -0.4 is 0 Å². The van der Waals surface area contributed by atoms with Crippen molar-refractivity contribution in [2.45, 2.75) is 0 Å². The van der Waals surface area contributed by atoms with Gasteiger partial charge in [-0.3, -0.25) is 4.79 Å². The summed E-state index contributed by atoms with van der Waals surface area (Å²) in [6, 6.07) is 8.64. The summed E-state index contributed by atoms with van der Waals surface area (Å²) in [4.78, 5) is 12.9. The summed E-state index contributed by atoms with van der Waals surface area (Å²) in [7, 11) is 0. The van der Waals surface area contributed by atoms with Crippen LogP contribution in [0.15, 0.2) is 46.3 Å². The Kier molecular flexibility index (Phi) is 3.76. The van der Waals surface area contributed by atoms with Crippen molar-refractivity contribution >= 4 is 39.1 Å². The number of carbonyl (C=O) groups excluding carboxylic acids is 1. The molecule has 86 valence electrons. The first-order valence-corrected chi connectivity index (χ1v) is 6.58. The second-order valence-corrected chi connectivity index (χ2v) is 5.27. The van der Waals surface area contributed by atoms with E-state index in [2.05, 4.69) is 15.9 Å². The van der Waals surface area contributed by atoms with E-state index in [0.717, 1.165) is 9.35 Å². The lowest BCUT2D eigenvalue weighted by Crippen LogP contribution is -1.94. The van der Waals surface area contributed by atoms with Gasteiger partial charge in [0.2, 0.25) is 0 Å². The van der Waals surface area contributed by atoms with Gasteiger partial charge in [0.05, 0.1) is 5.56 Å². The summed E-state index contributed by atoms with van der Waals surface area (Å²) in [5.74, 6) is -0.216. The monoisotopic (exact) mass is 308 g/mol. The highest BCUT2D eigenvalue weighted by Crippen LogP contribution is 2.23. The minimum atomic E-state index is -0.211. The zero-order valence-corrected chi connectivity index (χ0v) is 11.2. The minimum absolute atomic E-state index is 0.00553. The highest BCUT2D eigenvalue weighted by Gasteiger charge is 2.08. The first kappa shape index (κ1) is 12.1. The standard InChI is InChI=1S/C13H9BrO2S/c14-9-3-5-12(15)11(8-9)13(16)6-4-10-2-1-7-17-10/h1-8,15H/b6-4-. The van der Waals surface area contributed by atoms with Crippen LogP contribution in [0.25, 0.3) is 6.08 Å². The molecule has 1 heterocycles. The number of phenolic OH excluding ortho intramolecular Hbond substituents is 1. The van der Waals surface area contributed by atoms with Crippen LogP contribution in [-0.2, 0) is 0 Å². The van der Waals surface area contributed by atoms with E-state index < -0.39 is 0 Å². The Balaban J connectivity index is 2.23. The maximum Gasteiger partial charge on any atom is 0.189 e. The second kappa shape index (κ2) is 5.29. The molecule has 17 heavy (non-hydrogen) atoms. The molecule has 0 atom stereocenters. The number of thiophene rings is 1. The first-order valence-electron chi connectivity index (χ1n) is 4.91. The number of halogens is 1. The number of phenols is 1. The van der Waals surface area contributed by atoms with Crippen LogP contribution in [0.1, 0.15) is 15.2 Å². The molecule has 0 spiro atoms. The fourth-order valence-electron chi connectivity index (χ4n) is 1.34. The quantitative estimate of drug-likeness (QED) is 0.684. The normalized spacial score (nSPS) is 10.9. The van der Waals surface area contributed by atoms with Gasteiger partial charge in [-0.1, -0.05) is 22.0 Å². The van der Waals surface area contributed by atoms with Gasteiger partial charge in [-0.05, 0) is 41.8 Å². The Morgan fingerprint density at radius 3 is 2.88 bits per heavy atom. The molecule has 0 saturated heterocycles. The van der Waals surface area contributed by atoms with Gasteiger partial charge in [0.25, 0.3) is 0 Å². The third-order valence-electron chi connectivity index (χ3n) is 2.17. The lowest BCUT2D eigenvalue weighted by atomic mass is 10.1. The van der Waals surface area contributed by atoms with Gasteiger partial charge >= 0.3 is 0 Å². The van der Waals surface area contributed by atoms with E-state index in [1.54, 1.807) is 29.5 Å². The van der Waals surface area contributed by atoms with Crippen molar-refractivity contribution < 1.29 is 9.90 Å². The van der Waals surface area contributed by atoms with Crippen LogP contribution in [0.5, 0.6) is 5.75 Å². The fraction of sp³-hybridized carbons (Fsp3) is 0. The summed E-state index contributed by atoms with van der Waals surface area (Å²) >= 11 is 4.83. The van der Waals surface area contributed by atoms with E-state index in [0.29, 0.717) is 5.56 Å². The largest absolute Gasteiger partial charge is 0.507 e. The van der Waals surface area contributed by atoms with Gasteiger partial charge in [0.15, 0.2) is 5.78 Å². The number of hydrogen-bond donors (Lipinski definition) is 1. The van der Waals surface area contributed by atoms with E-state index in [9.17, 15) is 9.90 Å². The molecule has 0 aliphatic rings. The highest BCUT2D eigenvalue weighted by atomic mass is 79.9. The molecule has 0 saturated carbocycles. The zero-order valence-electron chi connectivity index (χ0n) is 8.76. The lowest BCUT2D eigenvalue weighted by Gasteiger charge is -2.00. The molecule has 4 heteroatoms. The fourth-order valence-corrected chi connectivity index (χ4v) is 2.32. The summed E-state index contributed by atoms with van der Waals surface area (Å²) in [5, 5.41) is 11.5. The topological polar surface area (TPSA) is 37.3 Å². The van der Waals surface area contributed by atoms with Crippen LogP contribution in [0.2, 0.25) is 0 Å². The molecule has 2 rings (SSSR count). The number of ketones is 1. The van der Waals surface area contributed by atoms with Gasteiger partial charge < -0.3 is 5.11 Å². The number of aromatic hydroxyl groups is 1. The molecule has 0 unspecified atom stereocenters. The van der Waals surface area contributed by atoms with E-state index in [1.165, 1.54) is 12.1 Å². The van der Waals surface area contributed by atoms with Crippen molar-refractivity contribution in [1.29, 1.82) is 0 Å². The molecule has 0 aliphatic heterocycles. The van der Waals surface area contributed by atoms with Crippen LogP contribution in [0, 0.1) is 0 Å². The van der Waals surface area contributed by atoms with E-state index in [1.807, 2.05) is 17.5 Å². The summed E-state index contributed by atoms with van der Waals surface area (Å²) < 4.78 is 0.767. The molecular weight excluding hydrogens is 300 g/mol. The smallest absolute Gasteiger partial charge is 0.189 e. The Bertz CT molecular complexity index is 559. The number of rotatable bonds is 3. The predicted molar refractivity (Wildman–Crippen MR) is 73.5 cm³/mol. The van der Waals surface area contributed by atoms with Crippen molar-refractivity contribution in [3.63, 3.8) is 0 Å². The molecule has 2 aromatic rings. The SMILES string of the molecule is O=C(/C=C\c1cccs1)c1cc(Br)ccc1O. The Morgan fingerprint density at radius 1 is 1.35 bits per heavy atom. The second-order valence-electron chi connectivity index (χ2n) is 3.37. The van der Waals surface area contributed by atoms with Crippen molar-refractivity contribution in [3.8, 4) is 5.75 Å². The molecule has 0 bridgehead atoms. The number of allylic oxidation sites excluding steroid dienone is 1. The average molecular weight is 309 g/mol. The molecule has 0 fully saturated rings. The average Bonchev–Trinajstić information content (AvgIpc) is 2.82. The summed E-state index contributed by atoms with van der Waals surface area (Å²) in [5.41, 5.74) is 0.298. The highest BCUT2D eigenvalue weighted by molar-refractivity contribution is 9.10. The van der Waals surface area contributed by atoms with Crippen molar-refractivity contribution in [1.82, 2.24) is 0 Å². The van der Waals surface area contributed by atoms with Crippen molar-refractivity contribution in [3.05, 3.63) is 56.7 Å². The number of benzene rings is 1. The van der Waals surface area contributed by atoms with Crippen LogP contribution in [0.3, 0.4) is 0 Å². The number of hydrogen-bond acceptors (Lipinski definition) is 3. The van der Waals surface area contributed by atoms with Gasteiger partial charge in [-0.2, -0.15) is 0 Å². The molecular formula is C13H9BrO2S. The Hall–Kier alpha value is -1.39. The maximum absolute atomic E-state index is 11.8. The van der Waals surface area contributed by atoms with Crippen molar-refractivity contribution in [2.75, 3.05) is 0 Å². The van der Waals surface area contributed by atoms with E-state index in [4.69, 9.17) is 0 Å². The minimum Gasteiger partial charge on any atom is -0.507 e. The van der Waals surface area contributed by atoms with Crippen LogP contribution in [0.4, 0.5) is 0 Å². The number of carbonyl (C=O) groups is 1. The van der Waals surface area contributed by atoms with E-state index in [-0.39, 0.29) is 11.5 Å². The molecule has 0 radical (unpaired) electrons. The van der Waals surface area contributed by atoms with Crippen LogP contribution >= 0.6 is 27.3 Å². The van der Waals surface area contributed by atoms with Gasteiger partial charge in [0.1, 0.15) is 5.75 Å². The van der Waals surface area contributed by atoms with Crippen molar-refractivity contribution in [2.24, 2.45) is 0 Å². The summed E-state index contributed by atoms with van der Waals surface area (Å²) in [6.45, 7) is 0. The Labute approximate surface area is 111 Å². The third kappa shape index (κ3) is 3.05. The Morgan fingerprint density at radius 2 is 2.18 bits per heavy atom. The molecule has 1 aromatic carbocycles. The molecule has 1 N–H and O–H groups in total. The van der Waals surface area contributed by atoms with E-state index >= 15 is 0 Å². The van der Waals surface area contributed by atoms with Gasteiger partial charge in [-0.15, -0.1) is 11.3 Å². The molecule has 0 amide bonds.